The van der Waals surface area contributed by atoms with E-state index in [1.54, 1.807) is 14.2 Å². The van der Waals surface area contributed by atoms with Crippen molar-refractivity contribution in [2.24, 2.45) is 9.98 Å². The number of nitrogens with zero attached hydrogens (tertiary/aromatic N) is 2. The molecule has 4 heteroatoms. The van der Waals surface area contributed by atoms with Crippen LogP contribution in [-0.4, -0.2) is 26.0 Å². The summed E-state index contributed by atoms with van der Waals surface area (Å²) in [6.07, 6.45) is 0. The molecule has 4 nitrogen and oxygen atoms in total. The number of hydrogen-bond donors (Lipinski definition) is 0. The molecule has 0 aliphatic heterocycles. The third-order valence-electron chi connectivity index (χ3n) is 4.69. The molecule has 0 heterocycles. The smallest absolute Gasteiger partial charge is 0.221 e. The molecular weight excluding hydrogens is 372 g/mol. The molecule has 0 aromatic heterocycles. The average Bonchev–Trinajstić information content (AvgIpc) is 2.81. The Bertz CT molecular complexity index is 1100. The molecule has 0 unspecified atom stereocenters. The molecule has 30 heavy (non-hydrogen) atoms. The van der Waals surface area contributed by atoms with Crippen molar-refractivity contribution in [1.82, 2.24) is 0 Å². The van der Waals surface area contributed by atoms with Gasteiger partial charge >= 0.3 is 0 Å². The summed E-state index contributed by atoms with van der Waals surface area (Å²) in [7, 11) is 3.28. The lowest BCUT2D eigenvalue weighted by atomic mass is 10.0. The standard InChI is InChI=1S/C26H22N2O2/c1-29-25(27-23-9-5-3-6-10-23)21-15-13-20-18-22(16-14-19(20)17-21)26(30-2)28-24-11-7-4-8-12-24/h3-18H,1-2H3. The van der Waals surface area contributed by atoms with Crippen molar-refractivity contribution in [2.75, 3.05) is 14.2 Å². The molecule has 0 radical (unpaired) electrons. The third-order valence-corrected chi connectivity index (χ3v) is 4.69. The van der Waals surface area contributed by atoms with E-state index in [0.29, 0.717) is 11.8 Å². The first-order chi connectivity index (χ1) is 14.8. The van der Waals surface area contributed by atoms with Crippen LogP contribution in [0.3, 0.4) is 0 Å². The average molecular weight is 394 g/mol. The first-order valence-electron chi connectivity index (χ1n) is 9.67. The van der Waals surface area contributed by atoms with Gasteiger partial charge in [-0.15, -0.1) is 0 Å². The van der Waals surface area contributed by atoms with Gasteiger partial charge in [0.15, 0.2) is 0 Å². The van der Waals surface area contributed by atoms with E-state index in [4.69, 9.17) is 9.47 Å². The minimum absolute atomic E-state index is 0.579. The summed E-state index contributed by atoms with van der Waals surface area (Å²) in [5, 5.41) is 2.17. The predicted octanol–water partition coefficient (Wildman–Crippen LogP) is 6.29. The Morgan fingerprint density at radius 2 is 0.933 bits per heavy atom. The second-order valence-corrected chi connectivity index (χ2v) is 6.69. The van der Waals surface area contributed by atoms with Gasteiger partial charge in [0.25, 0.3) is 0 Å². The van der Waals surface area contributed by atoms with Gasteiger partial charge in [0, 0.05) is 11.1 Å². The molecule has 4 rings (SSSR count). The maximum atomic E-state index is 5.55. The van der Waals surface area contributed by atoms with Crippen molar-refractivity contribution in [3.8, 4) is 0 Å². The van der Waals surface area contributed by atoms with E-state index in [1.165, 1.54) is 0 Å². The Morgan fingerprint density at radius 1 is 0.533 bits per heavy atom. The van der Waals surface area contributed by atoms with E-state index >= 15 is 0 Å². The number of ether oxygens (including phenoxy) is 2. The highest BCUT2D eigenvalue weighted by atomic mass is 16.5. The maximum absolute atomic E-state index is 5.55. The van der Waals surface area contributed by atoms with E-state index in [1.807, 2.05) is 72.8 Å². The van der Waals surface area contributed by atoms with E-state index in [-0.39, 0.29) is 0 Å². The molecule has 4 aromatic carbocycles. The molecule has 0 saturated carbocycles. The first-order valence-corrected chi connectivity index (χ1v) is 9.67. The zero-order valence-electron chi connectivity index (χ0n) is 16.9. The van der Waals surface area contributed by atoms with E-state index < -0.39 is 0 Å². The van der Waals surface area contributed by atoms with Gasteiger partial charge in [-0.05, 0) is 59.3 Å². The van der Waals surface area contributed by atoms with Crippen LogP contribution in [0.4, 0.5) is 11.4 Å². The van der Waals surface area contributed by atoms with Crippen molar-refractivity contribution in [3.05, 3.63) is 108 Å². The molecular formula is C26H22N2O2. The Hall–Kier alpha value is -3.92. The fourth-order valence-corrected chi connectivity index (χ4v) is 3.21. The van der Waals surface area contributed by atoms with Crippen LogP contribution in [0.2, 0.25) is 0 Å². The lowest BCUT2D eigenvalue weighted by Gasteiger charge is -2.09. The zero-order valence-corrected chi connectivity index (χ0v) is 16.9. The molecule has 0 atom stereocenters. The summed E-state index contributed by atoms with van der Waals surface area (Å²) >= 11 is 0. The normalized spacial score (nSPS) is 12.1. The van der Waals surface area contributed by atoms with Gasteiger partial charge in [-0.1, -0.05) is 48.5 Å². The largest absolute Gasteiger partial charge is 0.481 e. The Labute approximate surface area is 176 Å². The first kappa shape index (κ1) is 19.4. The van der Waals surface area contributed by atoms with Crippen LogP contribution in [-0.2, 0) is 9.47 Å². The molecule has 0 aliphatic rings. The summed E-state index contributed by atoms with van der Waals surface area (Å²) in [5.41, 5.74) is 3.55. The Morgan fingerprint density at radius 3 is 1.30 bits per heavy atom. The van der Waals surface area contributed by atoms with Gasteiger partial charge in [0.1, 0.15) is 0 Å². The number of benzene rings is 4. The van der Waals surface area contributed by atoms with Crippen molar-refractivity contribution in [3.63, 3.8) is 0 Å². The van der Waals surface area contributed by atoms with Gasteiger partial charge in [-0.2, -0.15) is 0 Å². The molecule has 148 valence electrons. The van der Waals surface area contributed by atoms with Crippen molar-refractivity contribution in [1.29, 1.82) is 0 Å². The molecule has 0 aliphatic carbocycles. The molecule has 0 amide bonds. The number of rotatable bonds is 4. The maximum Gasteiger partial charge on any atom is 0.221 e. The summed E-state index contributed by atoms with van der Waals surface area (Å²) in [4.78, 5) is 9.23. The van der Waals surface area contributed by atoms with Gasteiger partial charge in [0.05, 0.1) is 25.6 Å². The number of para-hydroxylation sites is 2. The molecule has 0 saturated heterocycles. The zero-order chi connectivity index (χ0) is 20.8. The lowest BCUT2D eigenvalue weighted by molar-refractivity contribution is 0.405. The topological polar surface area (TPSA) is 43.2 Å². The van der Waals surface area contributed by atoms with Gasteiger partial charge < -0.3 is 9.47 Å². The summed E-state index contributed by atoms with van der Waals surface area (Å²) in [6.45, 7) is 0. The molecule has 0 fully saturated rings. The molecule has 0 spiro atoms. The molecule has 4 aromatic rings. The van der Waals surface area contributed by atoms with Crippen LogP contribution in [0.1, 0.15) is 11.1 Å². The predicted molar refractivity (Wildman–Crippen MR) is 123 cm³/mol. The second-order valence-electron chi connectivity index (χ2n) is 6.69. The van der Waals surface area contributed by atoms with Crippen LogP contribution in [0.15, 0.2) is 107 Å². The third kappa shape index (κ3) is 4.39. The van der Waals surface area contributed by atoms with E-state index in [2.05, 4.69) is 34.3 Å². The highest BCUT2D eigenvalue weighted by molar-refractivity contribution is 6.02. The molecule has 0 N–H and O–H groups in total. The van der Waals surface area contributed by atoms with Gasteiger partial charge in [0.2, 0.25) is 11.8 Å². The summed E-state index contributed by atoms with van der Waals surface area (Å²) in [6, 6.07) is 31.8. The lowest BCUT2D eigenvalue weighted by Crippen LogP contribution is -2.04. The Kier molecular flexibility index (Phi) is 5.85. The number of methoxy groups -OCH3 is 2. The monoisotopic (exact) mass is 394 g/mol. The number of hydrogen-bond acceptors (Lipinski definition) is 4. The number of fused-ring (bicyclic) bond motifs is 1. The van der Waals surface area contributed by atoms with Crippen LogP contribution in [0, 0.1) is 0 Å². The van der Waals surface area contributed by atoms with Crippen LogP contribution >= 0.6 is 0 Å². The van der Waals surface area contributed by atoms with E-state index in [0.717, 1.165) is 33.3 Å². The Balaban J connectivity index is 1.68. The van der Waals surface area contributed by atoms with Crippen LogP contribution in [0.5, 0.6) is 0 Å². The fourth-order valence-electron chi connectivity index (χ4n) is 3.21. The number of aliphatic imine (C=N–C) groups is 2. The minimum Gasteiger partial charge on any atom is -0.481 e. The van der Waals surface area contributed by atoms with Crippen LogP contribution < -0.4 is 0 Å². The van der Waals surface area contributed by atoms with Crippen molar-refractivity contribution >= 4 is 33.9 Å². The van der Waals surface area contributed by atoms with Crippen molar-refractivity contribution < 1.29 is 9.47 Å². The van der Waals surface area contributed by atoms with E-state index in [9.17, 15) is 0 Å². The second kappa shape index (κ2) is 9.05. The van der Waals surface area contributed by atoms with Gasteiger partial charge in [-0.3, -0.25) is 0 Å². The summed E-state index contributed by atoms with van der Waals surface area (Å²) in [5.74, 6) is 1.16. The highest BCUT2D eigenvalue weighted by Gasteiger charge is 2.09. The SMILES string of the molecule is COC(=Nc1ccccc1)c1ccc2cc(C(=Nc3ccccc3)OC)ccc2c1. The molecule has 0 bridgehead atoms. The summed E-state index contributed by atoms with van der Waals surface area (Å²) < 4.78 is 11.1. The van der Waals surface area contributed by atoms with Crippen molar-refractivity contribution in [2.45, 2.75) is 0 Å². The fraction of sp³-hybridized carbons (Fsp3) is 0.0769. The highest BCUT2D eigenvalue weighted by Crippen LogP contribution is 2.22. The van der Waals surface area contributed by atoms with Gasteiger partial charge in [-0.25, -0.2) is 9.98 Å². The quantitative estimate of drug-likeness (QED) is 0.302. The minimum atomic E-state index is 0.579. The van der Waals surface area contributed by atoms with Crippen LogP contribution in [0.25, 0.3) is 10.8 Å².